The Labute approximate surface area is 112 Å². The van der Waals surface area contributed by atoms with Crippen molar-refractivity contribution in [2.45, 2.75) is 31.7 Å². The second-order valence-electron chi connectivity index (χ2n) is 5.17. The molecule has 5 heteroatoms. The van der Waals surface area contributed by atoms with Gasteiger partial charge >= 0.3 is 0 Å². The third-order valence-electron chi connectivity index (χ3n) is 4.05. The molecule has 2 unspecified atom stereocenters. The van der Waals surface area contributed by atoms with Crippen LogP contribution in [0.5, 0.6) is 0 Å². The molecule has 1 aliphatic carbocycles. The molecule has 0 spiro atoms. The molecule has 0 radical (unpaired) electrons. The first kappa shape index (κ1) is 12.3. The minimum atomic E-state index is 0.265. The Hall–Kier alpha value is -1.75. The molecule has 0 amide bonds. The molecule has 1 aromatic carbocycles. The topological polar surface area (TPSA) is 69.6 Å². The molecule has 0 aliphatic heterocycles. The largest absolute Gasteiger partial charge is 0.330 e. The van der Waals surface area contributed by atoms with Crippen molar-refractivity contribution in [1.82, 2.24) is 20.2 Å². The van der Waals surface area contributed by atoms with Crippen LogP contribution in [0.1, 0.15) is 30.0 Å². The minimum Gasteiger partial charge on any atom is -0.330 e. The number of tetrazole rings is 1. The Morgan fingerprint density at radius 3 is 2.89 bits per heavy atom. The maximum absolute atomic E-state index is 5.75. The average molecular weight is 257 g/mol. The van der Waals surface area contributed by atoms with Gasteiger partial charge in [0, 0.05) is 0 Å². The molecule has 0 saturated carbocycles. The highest BCUT2D eigenvalue weighted by molar-refractivity contribution is 5.29. The van der Waals surface area contributed by atoms with Crippen LogP contribution in [0.3, 0.4) is 0 Å². The maximum atomic E-state index is 5.75. The number of nitrogens with two attached hydrogens (primary N) is 1. The second kappa shape index (κ2) is 5.48. The standard InChI is InChI=1S/C14H19N5/c15-8-7-14(19-17-10-16-18-19)13-6-5-11-3-1-2-4-12(11)9-13/h1-4,10,13-14H,5-9,15H2. The number of nitrogens with zero attached hydrogens (tertiary/aromatic N) is 4. The summed E-state index contributed by atoms with van der Waals surface area (Å²) in [5.41, 5.74) is 8.69. The Kier molecular flexibility index (Phi) is 3.55. The van der Waals surface area contributed by atoms with Crippen molar-refractivity contribution in [2.24, 2.45) is 11.7 Å². The number of rotatable bonds is 4. The predicted octanol–water partition coefficient (Wildman–Crippen LogP) is 1.37. The number of benzene rings is 1. The van der Waals surface area contributed by atoms with E-state index in [1.807, 2.05) is 0 Å². The lowest BCUT2D eigenvalue weighted by molar-refractivity contribution is 0.240. The summed E-state index contributed by atoms with van der Waals surface area (Å²) < 4.78 is 0. The van der Waals surface area contributed by atoms with E-state index in [0.717, 1.165) is 19.3 Å². The van der Waals surface area contributed by atoms with E-state index in [2.05, 4.69) is 39.7 Å². The highest BCUT2D eigenvalue weighted by Crippen LogP contribution is 2.33. The highest BCUT2D eigenvalue weighted by atomic mass is 15.6. The Bertz CT molecular complexity index is 522. The number of fused-ring (bicyclic) bond motifs is 1. The van der Waals surface area contributed by atoms with Crippen molar-refractivity contribution in [3.05, 3.63) is 41.7 Å². The first-order valence-corrected chi connectivity index (χ1v) is 6.88. The van der Waals surface area contributed by atoms with E-state index in [1.54, 1.807) is 4.80 Å². The zero-order chi connectivity index (χ0) is 13.1. The van der Waals surface area contributed by atoms with Gasteiger partial charge in [-0.2, -0.15) is 4.80 Å². The molecule has 1 aliphatic rings. The van der Waals surface area contributed by atoms with Gasteiger partial charge in [-0.3, -0.25) is 0 Å². The Balaban J connectivity index is 1.82. The van der Waals surface area contributed by atoms with Gasteiger partial charge in [0.25, 0.3) is 0 Å². The zero-order valence-electron chi connectivity index (χ0n) is 10.9. The van der Waals surface area contributed by atoms with Crippen molar-refractivity contribution in [3.8, 4) is 0 Å². The summed E-state index contributed by atoms with van der Waals surface area (Å²) in [6.45, 7) is 0.657. The molecule has 2 N–H and O–H groups in total. The quantitative estimate of drug-likeness (QED) is 0.898. The number of hydrogen-bond acceptors (Lipinski definition) is 4. The third kappa shape index (κ3) is 2.51. The normalized spacial score (nSPS) is 19.9. The monoisotopic (exact) mass is 257 g/mol. The van der Waals surface area contributed by atoms with Gasteiger partial charge in [-0.15, -0.1) is 10.2 Å². The molecule has 0 saturated heterocycles. The lowest BCUT2D eigenvalue weighted by Crippen LogP contribution is -2.28. The van der Waals surface area contributed by atoms with Crippen LogP contribution in [0.15, 0.2) is 30.6 Å². The van der Waals surface area contributed by atoms with Crippen LogP contribution in [0.2, 0.25) is 0 Å². The van der Waals surface area contributed by atoms with Gasteiger partial charge in [0.2, 0.25) is 0 Å². The van der Waals surface area contributed by atoms with Gasteiger partial charge in [0.05, 0.1) is 6.04 Å². The molecule has 100 valence electrons. The fraction of sp³-hybridized carbons (Fsp3) is 0.500. The molecule has 1 aromatic heterocycles. The van der Waals surface area contributed by atoms with E-state index in [-0.39, 0.29) is 6.04 Å². The summed E-state index contributed by atoms with van der Waals surface area (Å²) in [5, 5.41) is 12.1. The first-order chi connectivity index (χ1) is 9.38. The van der Waals surface area contributed by atoms with Gasteiger partial charge in [0.15, 0.2) is 6.33 Å². The fourth-order valence-corrected chi connectivity index (χ4v) is 3.09. The van der Waals surface area contributed by atoms with E-state index in [9.17, 15) is 0 Å². The summed E-state index contributed by atoms with van der Waals surface area (Å²) in [6, 6.07) is 8.97. The van der Waals surface area contributed by atoms with Gasteiger partial charge in [-0.25, -0.2) is 0 Å². The molecular formula is C14H19N5. The molecular weight excluding hydrogens is 238 g/mol. The van der Waals surface area contributed by atoms with Gasteiger partial charge in [-0.05, 0) is 54.5 Å². The summed E-state index contributed by atoms with van der Waals surface area (Å²) in [7, 11) is 0. The molecule has 19 heavy (non-hydrogen) atoms. The highest BCUT2D eigenvalue weighted by Gasteiger charge is 2.28. The van der Waals surface area contributed by atoms with Gasteiger partial charge in [0.1, 0.15) is 0 Å². The van der Waals surface area contributed by atoms with Crippen LogP contribution in [-0.2, 0) is 12.8 Å². The number of hydrogen-bond donors (Lipinski definition) is 1. The zero-order valence-corrected chi connectivity index (χ0v) is 10.9. The van der Waals surface area contributed by atoms with Gasteiger partial charge in [-0.1, -0.05) is 24.3 Å². The Morgan fingerprint density at radius 1 is 1.32 bits per heavy atom. The van der Waals surface area contributed by atoms with Crippen LogP contribution >= 0.6 is 0 Å². The van der Waals surface area contributed by atoms with E-state index in [1.165, 1.54) is 23.9 Å². The maximum Gasteiger partial charge on any atom is 0.162 e. The fourth-order valence-electron chi connectivity index (χ4n) is 3.09. The molecule has 1 heterocycles. The third-order valence-corrected chi connectivity index (χ3v) is 4.05. The molecule has 2 aromatic rings. The van der Waals surface area contributed by atoms with Gasteiger partial charge < -0.3 is 5.73 Å². The van der Waals surface area contributed by atoms with Crippen LogP contribution in [-0.4, -0.2) is 26.8 Å². The predicted molar refractivity (Wildman–Crippen MR) is 72.5 cm³/mol. The number of aryl methyl sites for hydroxylation is 1. The molecule has 5 nitrogen and oxygen atoms in total. The van der Waals surface area contributed by atoms with E-state index < -0.39 is 0 Å². The molecule has 2 atom stereocenters. The average Bonchev–Trinajstić information content (AvgIpc) is 2.98. The van der Waals surface area contributed by atoms with Crippen LogP contribution < -0.4 is 5.73 Å². The Morgan fingerprint density at radius 2 is 2.16 bits per heavy atom. The first-order valence-electron chi connectivity index (χ1n) is 6.88. The van der Waals surface area contributed by atoms with Crippen LogP contribution in [0.25, 0.3) is 0 Å². The second-order valence-corrected chi connectivity index (χ2v) is 5.17. The minimum absolute atomic E-state index is 0.265. The summed E-state index contributed by atoms with van der Waals surface area (Å²) >= 11 is 0. The van der Waals surface area contributed by atoms with Crippen LogP contribution in [0, 0.1) is 5.92 Å². The van der Waals surface area contributed by atoms with Crippen molar-refractivity contribution in [2.75, 3.05) is 6.54 Å². The summed E-state index contributed by atoms with van der Waals surface area (Å²) in [4.78, 5) is 1.74. The van der Waals surface area contributed by atoms with E-state index in [4.69, 9.17) is 5.73 Å². The van der Waals surface area contributed by atoms with Crippen molar-refractivity contribution in [3.63, 3.8) is 0 Å². The molecule has 3 rings (SSSR count). The lowest BCUT2D eigenvalue weighted by Gasteiger charge is -2.30. The molecule has 0 fully saturated rings. The van der Waals surface area contributed by atoms with E-state index in [0.29, 0.717) is 12.5 Å². The summed E-state index contributed by atoms with van der Waals surface area (Å²) in [5.74, 6) is 0.549. The lowest BCUT2D eigenvalue weighted by atomic mass is 9.79. The SMILES string of the molecule is NCCC(C1CCc2ccccc2C1)n1ncnn1. The number of aromatic nitrogens is 4. The van der Waals surface area contributed by atoms with Crippen molar-refractivity contribution in [1.29, 1.82) is 0 Å². The van der Waals surface area contributed by atoms with Crippen molar-refractivity contribution < 1.29 is 0 Å². The van der Waals surface area contributed by atoms with Crippen molar-refractivity contribution >= 4 is 0 Å². The van der Waals surface area contributed by atoms with E-state index >= 15 is 0 Å². The summed E-state index contributed by atoms with van der Waals surface area (Å²) in [6.07, 6.45) is 5.80. The smallest absolute Gasteiger partial charge is 0.162 e. The molecule has 0 bridgehead atoms. The van der Waals surface area contributed by atoms with Crippen LogP contribution in [0.4, 0.5) is 0 Å².